The number of aryl methyl sites for hydroxylation is 2. The standard InChI is InChI=1S/C11H11FN2S/c1-6-3-8(12)4-7(2)10(6)9-5-14-11(13)15-9/h3-5H,1-2H3,(H2,13,14). The van der Waals surface area contributed by atoms with Gasteiger partial charge >= 0.3 is 0 Å². The van der Waals surface area contributed by atoms with Gasteiger partial charge in [0.2, 0.25) is 0 Å². The molecule has 0 radical (unpaired) electrons. The van der Waals surface area contributed by atoms with Gasteiger partial charge in [-0.05, 0) is 42.7 Å². The van der Waals surface area contributed by atoms with Gasteiger partial charge in [0, 0.05) is 6.20 Å². The summed E-state index contributed by atoms with van der Waals surface area (Å²) in [5.41, 5.74) is 8.44. The molecule has 0 atom stereocenters. The van der Waals surface area contributed by atoms with Gasteiger partial charge in [-0.1, -0.05) is 11.3 Å². The molecule has 1 heterocycles. The van der Waals surface area contributed by atoms with Gasteiger partial charge in [0.15, 0.2) is 5.13 Å². The quantitative estimate of drug-likeness (QED) is 0.805. The van der Waals surface area contributed by atoms with Crippen molar-refractivity contribution in [3.8, 4) is 10.4 Å². The van der Waals surface area contributed by atoms with E-state index in [9.17, 15) is 4.39 Å². The van der Waals surface area contributed by atoms with Crippen LogP contribution in [-0.4, -0.2) is 4.98 Å². The Hall–Kier alpha value is -1.42. The molecule has 0 unspecified atom stereocenters. The van der Waals surface area contributed by atoms with Gasteiger partial charge < -0.3 is 5.73 Å². The van der Waals surface area contributed by atoms with E-state index in [1.807, 2.05) is 13.8 Å². The van der Waals surface area contributed by atoms with E-state index >= 15 is 0 Å². The molecule has 0 saturated carbocycles. The molecule has 0 fully saturated rings. The van der Waals surface area contributed by atoms with Crippen molar-refractivity contribution in [1.82, 2.24) is 4.98 Å². The van der Waals surface area contributed by atoms with E-state index in [-0.39, 0.29) is 5.82 Å². The maximum atomic E-state index is 13.1. The van der Waals surface area contributed by atoms with Gasteiger partial charge in [0.1, 0.15) is 5.82 Å². The highest BCUT2D eigenvalue weighted by Gasteiger charge is 2.10. The third-order valence-corrected chi connectivity index (χ3v) is 3.11. The molecule has 0 saturated heterocycles. The van der Waals surface area contributed by atoms with Gasteiger partial charge in [-0.3, -0.25) is 0 Å². The molecular formula is C11H11FN2S. The highest BCUT2D eigenvalue weighted by Crippen LogP contribution is 2.32. The lowest BCUT2D eigenvalue weighted by Crippen LogP contribution is -1.88. The third kappa shape index (κ3) is 1.85. The van der Waals surface area contributed by atoms with Crippen LogP contribution in [0.2, 0.25) is 0 Å². The Morgan fingerprint density at radius 3 is 2.33 bits per heavy atom. The minimum absolute atomic E-state index is 0.203. The average Bonchev–Trinajstić information content (AvgIpc) is 2.49. The number of rotatable bonds is 1. The molecule has 0 bridgehead atoms. The van der Waals surface area contributed by atoms with Crippen molar-refractivity contribution in [2.75, 3.05) is 5.73 Å². The molecule has 78 valence electrons. The lowest BCUT2D eigenvalue weighted by atomic mass is 10.0. The van der Waals surface area contributed by atoms with Crippen LogP contribution >= 0.6 is 11.3 Å². The molecule has 1 aromatic carbocycles. The number of benzene rings is 1. The Kier molecular flexibility index (Phi) is 2.44. The molecule has 0 aliphatic rings. The number of nitrogen functional groups attached to an aromatic ring is 1. The SMILES string of the molecule is Cc1cc(F)cc(C)c1-c1cnc(N)s1. The number of nitrogens with zero attached hydrogens (tertiary/aromatic N) is 1. The van der Waals surface area contributed by atoms with Crippen molar-refractivity contribution in [2.45, 2.75) is 13.8 Å². The Bertz CT molecular complexity index is 482. The van der Waals surface area contributed by atoms with Crippen molar-refractivity contribution in [2.24, 2.45) is 0 Å². The van der Waals surface area contributed by atoms with E-state index in [4.69, 9.17) is 5.73 Å². The van der Waals surface area contributed by atoms with Crippen molar-refractivity contribution >= 4 is 16.5 Å². The molecular weight excluding hydrogens is 211 g/mol. The topological polar surface area (TPSA) is 38.9 Å². The second kappa shape index (κ2) is 3.62. The Balaban J connectivity index is 2.62. The summed E-state index contributed by atoms with van der Waals surface area (Å²) in [6.07, 6.45) is 1.73. The van der Waals surface area contributed by atoms with Crippen LogP contribution in [0.25, 0.3) is 10.4 Å². The highest BCUT2D eigenvalue weighted by molar-refractivity contribution is 7.18. The van der Waals surface area contributed by atoms with Crippen molar-refractivity contribution < 1.29 is 4.39 Å². The van der Waals surface area contributed by atoms with E-state index in [1.54, 1.807) is 6.20 Å². The van der Waals surface area contributed by atoms with Crippen LogP contribution in [0.3, 0.4) is 0 Å². The monoisotopic (exact) mass is 222 g/mol. The number of thiazole rings is 1. The van der Waals surface area contributed by atoms with Crippen LogP contribution in [0.1, 0.15) is 11.1 Å². The maximum absolute atomic E-state index is 13.1. The van der Waals surface area contributed by atoms with Crippen LogP contribution in [0.4, 0.5) is 9.52 Å². The summed E-state index contributed by atoms with van der Waals surface area (Å²) < 4.78 is 13.1. The number of anilines is 1. The minimum atomic E-state index is -0.203. The normalized spacial score (nSPS) is 10.6. The van der Waals surface area contributed by atoms with Gasteiger partial charge in [0.05, 0.1) is 4.88 Å². The fraction of sp³-hybridized carbons (Fsp3) is 0.182. The van der Waals surface area contributed by atoms with Crippen molar-refractivity contribution in [1.29, 1.82) is 0 Å². The lowest BCUT2D eigenvalue weighted by Gasteiger charge is -2.07. The average molecular weight is 222 g/mol. The van der Waals surface area contributed by atoms with Gasteiger partial charge in [-0.2, -0.15) is 0 Å². The molecule has 0 spiro atoms. The molecule has 4 heteroatoms. The largest absolute Gasteiger partial charge is 0.375 e. The third-order valence-electron chi connectivity index (χ3n) is 2.27. The van der Waals surface area contributed by atoms with E-state index in [1.165, 1.54) is 23.5 Å². The van der Waals surface area contributed by atoms with E-state index in [0.717, 1.165) is 21.6 Å². The summed E-state index contributed by atoms with van der Waals surface area (Å²) in [5, 5.41) is 0.535. The summed E-state index contributed by atoms with van der Waals surface area (Å²) in [6.45, 7) is 3.78. The van der Waals surface area contributed by atoms with Gasteiger partial charge in [-0.15, -0.1) is 0 Å². The Morgan fingerprint density at radius 1 is 1.27 bits per heavy atom. The fourth-order valence-electron chi connectivity index (χ4n) is 1.70. The molecule has 2 rings (SSSR count). The van der Waals surface area contributed by atoms with Crippen molar-refractivity contribution in [3.05, 3.63) is 35.3 Å². The van der Waals surface area contributed by atoms with Crippen LogP contribution in [0.5, 0.6) is 0 Å². The molecule has 2 nitrogen and oxygen atoms in total. The zero-order chi connectivity index (χ0) is 11.0. The number of halogens is 1. The zero-order valence-corrected chi connectivity index (χ0v) is 9.36. The second-order valence-corrected chi connectivity index (χ2v) is 4.54. The molecule has 0 amide bonds. The molecule has 1 aromatic heterocycles. The molecule has 2 N–H and O–H groups in total. The molecule has 15 heavy (non-hydrogen) atoms. The molecule has 2 aromatic rings. The first-order valence-corrected chi connectivity index (χ1v) is 5.38. The summed E-state index contributed by atoms with van der Waals surface area (Å²) in [6, 6.07) is 3.05. The van der Waals surface area contributed by atoms with Crippen molar-refractivity contribution in [3.63, 3.8) is 0 Å². The lowest BCUT2D eigenvalue weighted by molar-refractivity contribution is 0.625. The smallest absolute Gasteiger partial charge is 0.180 e. The molecule has 0 aliphatic carbocycles. The number of hydrogen-bond acceptors (Lipinski definition) is 3. The van der Waals surface area contributed by atoms with E-state index in [0.29, 0.717) is 5.13 Å². The first kappa shape index (κ1) is 10.1. The second-order valence-electron chi connectivity index (χ2n) is 3.48. The number of hydrogen-bond donors (Lipinski definition) is 1. The Labute approximate surface area is 91.6 Å². The van der Waals surface area contributed by atoms with Crippen LogP contribution in [0.15, 0.2) is 18.3 Å². The Morgan fingerprint density at radius 2 is 1.87 bits per heavy atom. The highest BCUT2D eigenvalue weighted by atomic mass is 32.1. The maximum Gasteiger partial charge on any atom is 0.180 e. The van der Waals surface area contributed by atoms with Gasteiger partial charge in [-0.25, -0.2) is 9.37 Å². The van der Waals surface area contributed by atoms with Crippen LogP contribution in [-0.2, 0) is 0 Å². The van der Waals surface area contributed by atoms with Crippen LogP contribution in [0, 0.1) is 19.7 Å². The van der Waals surface area contributed by atoms with Crippen LogP contribution < -0.4 is 5.73 Å². The fourth-order valence-corrected chi connectivity index (χ4v) is 2.56. The summed E-state index contributed by atoms with van der Waals surface area (Å²) in [4.78, 5) is 4.99. The predicted molar refractivity (Wildman–Crippen MR) is 61.4 cm³/mol. The first-order chi connectivity index (χ1) is 7.08. The summed E-state index contributed by atoms with van der Waals surface area (Å²) in [5.74, 6) is -0.203. The number of nitrogens with two attached hydrogens (primary N) is 1. The minimum Gasteiger partial charge on any atom is -0.375 e. The summed E-state index contributed by atoms with van der Waals surface area (Å²) in [7, 11) is 0. The zero-order valence-electron chi connectivity index (χ0n) is 8.54. The first-order valence-electron chi connectivity index (χ1n) is 4.56. The summed E-state index contributed by atoms with van der Waals surface area (Å²) >= 11 is 1.42. The molecule has 0 aliphatic heterocycles. The number of aromatic nitrogens is 1. The van der Waals surface area contributed by atoms with Gasteiger partial charge in [0.25, 0.3) is 0 Å². The van der Waals surface area contributed by atoms with E-state index in [2.05, 4.69) is 4.98 Å². The van der Waals surface area contributed by atoms with E-state index < -0.39 is 0 Å². The predicted octanol–water partition coefficient (Wildman–Crippen LogP) is 3.15.